The van der Waals surface area contributed by atoms with Crippen LogP contribution in [-0.4, -0.2) is 43.3 Å². The molecule has 156 valence electrons. The summed E-state index contributed by atoms with van der Waals surface area (Å²) in [6.45, 7) is 0.910. The van der Waals surface area contributed by atoms with Crippen molar-refractivity contribution in [3.63, 3.8) is 0 Å². The van der Waals surface area contributed by atoms with Crippen molar-refractivity contribution in [3.8, 4) is 11.4 Å². The van der Waals surface area contributed by atoms with Gasteiger partial charge in [-0.3, -0.25) is 0 Å². The van der Waals surface area contributed by atoms with E-state index in [9.17, 15) is 9.90 Å². The first-order chi connectivity index (χ1) is 15.0. The topological polar surface area (TPSA) is 97.0 Å². The molecule has 0 unspecified atom stereocenters. The first-order valence-electron chi connectivity index (χ1n) is 9.51. The van der Waals surface area contributed by atoms with Crippen LogP contribution < -0.4 is 4.90 Å². The van der Waals surface area contributed by atoms with Gasteiger partial charge in [0.05, 0.1) is 12.1 Å². The highest BCUT2D eigenvalue weighted by Crippen LogP contribution is 2.25. The molecule has 0 aliphatic rings. The Balaban J connectivity index is 1.50. The van der Waals surface area contributed by atoms with E-state index >= 15 is 0 Å². The fourth-order valence-electron chi connectivity index (χ4n) is 3.18. The second-order valence-corrected chi connectivity index (χ2v) is 7.81. The lowest BCUT2D eigenvalue weighted by atomic mass is 10.1. The highest BCUT2D eigenvalue weighted by molar-refractivity contribution is 9.10. The number of hydrogen-bond donors (Lipinski definition) is 1. The quantitative estimate of drug-likeness (QED) is 0.430. The van der Waals surface area contributed by atoms with E-state index in [0.717, 1.165) is 21.4 Å². The molecule has 1 N–H and O–H groups in total. The molecule has 8 nitrogen and oxygen atoms in total. The summed E-state index contributed by atoms with van der Waals surface area (Å²) in [4.78, 5) is 19.2. The van der Waals surface area contributed by atoms with Gasteiger partial charge < -0.3 is 10.0 Å². The molecule has 0 aliphatic carbocycles. The van der Waals surface area contributed by atoms with Crippen LogP contribution in [0.5, 0.6) is 0 Å². The van der Waals surface area contributed by atoms with Gasteiger partial charge in [-0.1, -0.05) is 52.3 Å². The zero-order chi connectivity index (χ0) is 21.8. The Morgan fingerprint density at radius 1 is 1.10 bits per heavy atom. The van der Waals surface area contributed by atoms with Crippen LogP contribution in [-0.2, 0) is 13.1 Å². The van der Waals surface area contributed by atoms with Crippen molar-refractivity contribution in [2.45, 2.75) is 13.1 Å². The van der Waals surface area contributed by atoms with Crippen molar-refractivity contribution in [1.29, 1.82) is 0 Å². The van der Waals surface area contributed by atoms with Gasteiger partial charge in [0.1, 0.15) is 5.82 Å². The van der Waals surface area contributed by atoms with Crippen LogP contribution in [0.2, 0.25) is 0 Å². The van der Waals surface area contributed by atoms with E-state index in [1.807, 2.05) is 43.4 Å². The number of aromatic carboxylic acids is 1. The predicted molar refractivity (Wildman–Crippen MR) is 120 cm³/mol. The Morgan fingerprint density at radius 2 is 1.90 bits per heavy atom. The lowest BCUT2D eigenvalue weighted by Gasteiger charge is -2.19. The number of halogens is 1. The van der Waals surface area contributed by atoms with Crippen LogP contribution >= 0.6 is 15.9 Å². The molecule has 0 aliphatic heterocycles. The third-order valence-corrected chi connectivity index (χ3v) is 5.51. The second kappa shape index (κ2) is 9.05. The van der Waals surface area contributed by atoms with Crippen molar-refractivity contribution < 1.29 is 9.90 Å². The average Bonchev–Trinajstić information content (AvgIpc) is 3.24. The summed E-state index contributed by atoms with van der Waals surface area (Å²) in [7, 11) is 1.99. The van der Waals surface area contributed by atoms with Gasteiger partial charge in [-0.2, -0.15) is 4.80 Å². The fraction of sp³-hybridized carbons (Fsp3) is 0.136. The molecule has 2 aromatic carbocycles. The lowest BCUT2D eigenvalue weighted by molar-refractivity contribution is 0.0695. The van der Waals surface area contributed by atoms with Gasteiger partial charge in [0.15, 0.2) is 0 Å². The van der Waals surface area contributed by atoms with Crippen molar-refractivity contribution in [3.05, 3.63) is 88.0 Å². The standard InChI is InChI=1S/C22H19BrN6O2/c1-28(20-8-4-5-11-24-20)13-17-10-9-15(12-19(17)23)21-25-27-29(26-21)14-16-6-2-3-7-18(16)22(30)31/h2-12H,13-14H2,1H3,(H,30,31). The number of carbonyl (C=O) groups is 1. The van der Waals surface area contributed by atoms with Crippen LogP contribution in [0.3, 0.4) is 0 Å². The smallest absolute Gasteiger partial charge is 0.336 e. The third-order valence-electron chi connectivity index (χ3n) is 4.77. The van der Waals surface area contributed by atoms with E-state index in [0.29, 0.717) is 17.9 Å². The summed E-state index contributed by atoms with van der Waals surface area (Å²) in [5.41, 5.74) is 2.76. The Hall–Kier alpha value is -3.59. The molecule has 0 bridgehead atoms. The summed E-state index contributed by atoms with van der Waals surface area (Å²) in [5, 5.41) is 22.0. The molecule has 4 rings (SSSR count). The maximum absolute atomic E-state index is 11.4. The molecular weight excluding hydrogens is 460 g/mol. The number of hydrogen-bond acceptors (Lipinski definition) is 6. The van der Waals surface area contributed by atoms with Crippen molar-refractivity contribution in [1.82, 2.24) is 25.2 Å². The number of aromatic nitrogens is 5. The summed E-state index contributed by atoms with van der Waals surface area (Å²) >= 11 is 3.64. The van der Waals surface area contributed by atoms with Gasteiger partial charge in [0, 0.05) is 29.8 Å². The van der Waals surface area contributed by atoms with Crippen LogP contribution in [0.25, 0.3) is 11.4 Å². The number of nitrogens with zero attached hydrogens (tertiary/aromatic N) is 6. The van der Waals surface area contributed by atoms with Gasteiger partial charge in [-0.05, 0) is 40.6 Å². The van der Waals surface area contributed by atoms with E-state index in [2.05, 4.69) is 41.2 Å². The molecule has 2 heterocycles. The van der Waals surface area contributed by atoms with E-state index in [4.69, 9.17) is 0 Å². The Kier molecular flexibility index (Phi) is 6.03. The summed E-state index contributed by atoms with van der Waals surface area (Å²) in [6, 6.07) is 18.5. The van der Waals surface area contributed by atoms with E-state index in [1.165, 1.54) is 4.80 Å². The van der Waals surface area contributed by atoms with Crippen LogP contribution in [0.1, 0.15) is 21.5 Å². The Labute approximate surface area is 187 Å². The number of tetrazole rings is 1. The van der Waals surface area contributed by atoms with Gasteiger partial charge in [-0.15, -0.1) is 10.2 Å². The van der Waals surface area contributed by atoms with E-state index in [1.54, 1.807) is 30.5 Å². The summed E-state index contributed by atoms with van der Waals surface area (Å²) < 4.78 is 0.931. The van der Waals surface area contributed by atoms with Gasteiger partial charge >= 0.3 is 5.97 Å². The first-order valence-corrected chi connectivity index (χ1v) is 10.3. The molecule has 0 amide bonds. The summed E-state index contributed by atoms with van der Waals surface area (Å²) in [5.74, 6) is 0.383. The minimum atomic E-state index is -0.980. The van der Waals surface area contributed by atoms with Crippen molar-refractivity contribution >= 4 is 27.7 Å². The molecule has 0 fully saturated rings. The second-order valence-electron chi connectivity index (χ2n) is 6.96. The van der Waals surface area contributed by atoms with Crippen LogP contribution in [0, 0.1) is 0 Å². The number of pyridine rings is 1. The lowest BCUT2D eigenvalue weighted by Crippen LogP contribution is -2.17. The molecule has 0 spiro atoms. The highest BCUT2D eigenvalue weighted by Gasteiger charge is 2.13. The Bertz CT molecular complexity index is 1210. The molecule has 0 atom stereocenters. The SMILES string of the molecule is CN(Cc1ccc(-c2nnn(Cc3ccccc3C(=O)O)n2)cc1Br)c1ccccn1. The molecule has 0 saturated heterocycles. The molecule has 0 saturated carbocycles. The summed E-state index contributed by atoms with van der Waals surface area (Å²) in [6.07, 6.45) is 1.77. The number of carboxylic acids is 1. The molecule has 0 radical (unpaired) electrons. The third kappa shape index (κ3) is 4.77. The molecule has 2 aromatic heterocycles. The number of anilines is 1. The molecule has 31 heavy (non-hydrogen) atoms. The van der Waals surface area contributed by atoms with Gasteiger partial charge in [-0.25, -0.2) is 9.78 Å². The predicted octanol–water partition coefficient (Wildman–Crippen LogP) is 3.88. The highest BCUT2D eigenvalue weighted by atomic mass is 79.9. The van der Waals surface area contributed by atoms with Crippen LogP contribution in [0.4, 0.5) is 5.82 Å². The molecule has 9 heteroatoms. The molecule has 4 aromatic rings. The number of carboxylic acid groups (broad SMARTS) is 1. The monoisotopic (exact) mass is 478 g/mol. The normalized spacial score (nSPS) is 10.8. The Morgan fingerprint density at radius 3 is 2.65 bits per heavy atom. The fourth-order valence-corrected chi connectivity index (χ4v) is 3.68. The zero-order valence-corrected chi connectivity index (χ0v) is 18.3. The van der Waals surface area contributed by atoms with Gasteiger partial charge in [0.2, 0.25) is 5.82 Å². The average molecular weight is 479 g/mol. The minimum Gasteiger partial charge on any atom is -0.478 e. The van der Waals surface area contributed by atoms with Crippen LogP contribution in [0.15, 0.2) is 71.3 Å². The van der Waals surface area contributed by atoms with Crippen molar-refractivity contribution in [2.24, 2.45) is 0 Å². The maximum atomic E-state index is 11.4. The number of benzene rings is 2. The number of rotatable bonds is 7. The maximum Gasteiger partial charge on any atom is 0.336 e. The first kappa shape index (κ1) is 20.7. The largest absolute Gasteiger partial charge is 0.478 e. The minimum absolute atomic E-state index is 0.226. The van der Waals surface area contributed by atoms with E-state index < -0.39 is 5.97 Å². The van der Waals surface area contributed by atoms with Crippen molar-refractivity contribution in [2.75, 3.05) is 11.9 Å². The van der Waals surface area contributed by atoms with Gasteiger partial charge in [0.25, 0.3) is 0 Å². The molecular formula is C22H19BrN6O2. The van der Waals surface area contributed by atoms with E-state index in [-0.39, 0.29) is 12.1 Å². The zero-order valence-electron chi connectivity index (χ0n) is 16.7.